The summed E-state index contributed by atoms with van der Waals surface area (Å²) in [6, 6.07) is 24.4. The summed E-state index contributed by atoms with van der Waals surface area (Å²) in [5, 5.41) is 51.1. The molecule has 0 saturated heterocycles. The number of aliphatic hydroxyl groups is 2. The van der Waals surface area contributed by atoms with E-state index in [4.69, 9.17) is 57.8 Å². The lowest BCUT2D eigenvalue weighted by atomic mass is 9.93. The van der Waals surface area contributed by atoms with Gasteiger partial charge in [0, 0.05) is 26.9 Å². The van der Waals surface area contributed by atoms with Gasteiger partial charge in [-0.15, -0.1) is 0 Å². The third-order valence-electron chi connectivity index (χ3n) is 7.81. The Morgan fingerprint density at radius 2 is 1.30 bits per heavy atom. The molecule has 2 amide bonds. The molecule has 8 N–H and O–H groups in total. The van der Waals surface area contributed by atoms with Crippen LogP contribution in [0.1, 0.15) is 51.3 Å². The van der Waals surface area contributed by atoms with Crippen LogP contribution in [0.25, 0.3) is 9.69 Å². The summed E-state index contributed by atoms with van der Waals surface area (Å²) in [5.41, 5.74) is 5.54. The number of carboxylic acids is 1. The number of nitrogens with one attached hydrogen (secondary N) is 3. The smallest absolute Gasteiger partial charge is 0.328 e. The van der Waals surface area contributed by atoms with Crippen LogP contribution in [-0.4, -0.2) is 63.7 Å². The van der Waals surface area contributed by atoms with Gasteiger partial charge in [0.2, 0.25) is 17.3 Å². The number of ketones is 1. The number of carbonyl (C=O) groups excluding carboxylic acids is 3. The molecule has 0 saturated carbocycles. The van der Waals surface area contributed by atoms with Gasteiger partial charge in [0.05, 0.1) is 61.1 Å². The molecule has 4 rings (SSSR count). The highest BCUT2D eigenvalue weighted by Gasteiger charge is 2.25. The number of aliphatic hydroxyl groups excluding tert-OH is 2. The molecule has 0 aromatic heterocycles. The molecule has 57 heavy (non-hydrogen) atoms. The van der Waals surface area contributed by atoms with Crippen LogP contribution in [0.2, 0.25) is 10.0 Å². The zero-order valence-electron chi connectivity index (χ0n) is 30.4. The van der Waals surface area contributed by atoms with E-state index in [9.17, 15) is 29.4 Å². The molecule has 17 heteroatoms. The molecule has 0 fully saturated rings. The zero-order valence-corrected chi connectivity index (χ0v) is 31.9. The van der Waals surface area contributed by atoms with Crippen LogP contribution in [0, 0.1) is 41.7 Å². The average Bonchev–Trinajstić information content (AvgIpc) is 3.20. The van der Waals surface area contributed by atoms with E-state index in [1.54, 1.807) is 42.5 Å². The van der Waals surface area contributed by atoms with Gasteiger partial charge in [0.25, 0.3) is 5.91 Å². The molecule has 4 atom stereocenters. The minimum absolute atomic E-state index is 0.215. The lowest BCUT2D eigenvalue weighted by Gasteiger charge is -2.19. The molecule has 0 aliphatic rings. The Bertz CT molecular complexity index is 2220. The topological polar surface area (TPSA) is 247 Å². The Labute approximate surface area is 338 Å². The van der Waals surface area contributed by atoms with Crippen molar-refractivity contribution < 1.29 is 34.5 Å². The summed E-state index contributed by atoms with van der Waals surface area (Å²) in [4.78, 5) is 52.9. The average molecular weight is 812 g/mol. The number of halogens is 2. The second-order valence-corrected chi connectivity index (χ2v) is 12.7. The lowest BCUT2D eigenvalue weighted by molar-refractivity contribution is -0.140. The monoisotopic (exact) mass is 810 g/mol. The second-order valence-electron chi connectivity index (χ2n) is 11.9. The van der Waals surface area contributed by atoms with Crippen molar-refractivity contribution in [2.75, 3.05) is 11.9 Å². The van der Waals surface area contributed by atoms with Crippen molar-refractivity contribution in [3.63, 3.8) is 0 Å². The van der Waals surface area contributed by atoms with Crippen LogP contribution in [0.3, 0.4) is 0 Å². The van der Waals surface area contributed by atoms with Gasteiger partial charge in [0.15, 0.2) is 11.8 Å². The lowest BCUT2D eigenvalue weighted by Crippen LogP contribution is -2.40. The van der Waals surface area contributed by atoms with Crippen molar-refractivity contribution >= 4 is 63.8 Å². The maximum Gasteiger partial charge on any atom is 0.328 e. The number of hydrogen-bond donors (Lipinski definition) is 7. The summed E-state index contributed by atoms with van der Waals surface area (Å²) in [6.45, 7) is 16.5. The highest BCUT2D eigenvalue weighted by atomic mass is 35.5. The quantitative estimate of drug-likeness (QED) is 0.0305. The fourth-order valence-electron chi connectivity index (χ4n) is 4.67. The number of amides is 2. The molecule has 0 heterocycles. The van der Waals surface area contributed by atoms with E-state index in [0.717, 1.165) is 0 Å². The van der Waals surface area contributed by atoms with Crippen molar-refractivity contribution in [3.05, 3.63) is 146 Å². The summed E-state index contributed by atoms with van der Waals surface area (Å²) in [7, 11) is 0. The van der Waals surface area contributed by atoms with Gasteiger partial charge in [-0.1, -0.05) is 59.6 Å². The molecule has 4 aromatic rings. The van der Waals surface area contributed by atoms with E-state index in [2.05, 4.69) is 20.3 Å². The van der Waals surface area contributed by atoms with Gasteiger partial charge in [0.1, 0.15) is 0 Å². The highest BCUT2D eigenvalue weighted by molar-refractivity contribution is 6.33. The fourth-order valence-corrected chi connectivity index (χ4v) is 5.14. The first-order chi connectivity index (χ1) is 27.1. The van der Waals surface area contributed by atoms with Crippen molar-refractivity contribution in [3.8, 4) is 12.1 Å². The Morgan fingerprint density at radius 3 is 1.72 bits per heavy atom. The molecule has 0 unspecified atom stereocenters. The number of benzene rings is 4. The van der Waals surface area contributed by atoms with Gasteiger partial charge in [-0.3, -0.25) is 19.8 Å². The summed E-state index contributed by atoms with van der Waals surface area (Å²) in [6.07, 6.45) is -1.77. The van der Waals surface area contributed by atoms with Crippen LogP contribution in [0.4, 0.5) is 17.1 Å². The number of aliphatic carboxylic acids is 1. The Kier molecular flexibility index (Phi) is 18.8. The summed E-state index contributed by atoms with van der Waals surface area (Å²) >= 11 is 11.8. The first kappa shape index (κ1) is 46.3. The van der Waals surface area contributed by atoms with E-state index < -0.39 is 36.0 Å². The first-order valence-electron chi connectivity index (χ1n) is 16.6. The van der Waals surface area contributed by atoms with Gasteiger partial charge in [-0.25, -0.2) is 20.3 Å². The van der Waals surface area contributed by atoms with E-state index in [-0.39, 0.29) is 34.7 Å². The van der Waals surface area contributed by atoms with Crippen LogP contribution >= 0.6 is 23.2 Å². The zero-order chi connectivity index (χ0) is 42.7. The Balaban J connectivity index is 0.000000327. The molecule has 292 valence electrons. The van der Waals surface area contributed by atoms with Gasteiger partial charge in [-0.05, 0) is 74.4 Å². The SMILES string of the molecule is N#Cc1ccc(C(=O)NN)cc1.[C-]#[N+]c1ccc(C[C@@H](C(=O)NCC(=O)c2ccc(C#N)cc2)[C@@H](C)O)cc1Cl.[C-]#[N+]c1ccc(N[C@@H](C(=O)O)[C@@H](C)O)cc1Cl. The van der Waals surface area contributed by atoms with Crippen molar-refractivity contribution in [2.24, 2.45) is 11.8 Å². The second kappa shape index (κ2) is 23.2. The first-order valence-corrected chi connectivity index (χ1v) is 17.3. The molecule has 0 radical (unpaired) electrons. The number of nitrogens with zero attached hydrogens (tertiary/aromatic N) is 4. The molecular weight excluding hydrogens is 775 g/mol. The molecule has 15 nitrogen and oxygen atoms in total. The number of anilines is 1. The standard InChI is InChI=1S/C21H18ClN3O3.C11H11ClN2O3.C8H7N3O/c1-13(26)17(9-15-5-8-19(24-2)18(22)10-15)21(28)25-12-20(27)16-6-3-14(11-23)4-7-16;1-6(15)10(11(16)17)14-7-3-4-9(13-2)8(12)5-7;9-5-6-1-3-7(4-2-6)8(12)11-10/h3-8,10,13,17,26H,9,12H2,1H3,(H,25,28);3-6,10,14-15H,1H3,(H,16,17);1-4H,10H2,(H,11,12)/t13-,17-;6-,10-;/m11./s1. The highest BCUT2D eigenvalue weighted by Crippen LogP contribution is 2.29. The van der Waals surface area contributed by atoms with E-state index in [0.29, 0.717) is 44.9 Å². The van der Waals surface area contributed by atoms with E-state index in [1.807, 2.05) is 17.6 Å². The largest absolute Gasteiger partial charge is 0.480 e. The Morgan fingerprint density at radius 1 is 0.789 bits per heavy atom. The van der Waals surface area contributed by atoms with Crippen LogP contribution in [0.5, 0.6) is 0 Å². The minimum Gasteiger partial charge on any atom is -0.480 e. The van der Waals surface area contributed by atoms with Gasteiger partial charge >= 0.3 is 5.97 Å². The molecule has 0 aliphatic carbocycles. The third kappa shape index (κ3) is 14.7. The maximum absolute atomic E-state index is 12.5. The molecular formula is C40H36Cl2N8O7. The van der Waals surface area contributed by atoms with Gasteiger partial charge < -0.3 is 26.0 Å². The van der Waals surface area contributed by atoms with Crippen LogP contribution in [0.15, 0.2) is 84.9 Å². The molecule has 0 aliphatic heterocycles. The molecule has 0 spiro atoms. The van der Waals surface area contributed by atoms with E-state index >= 15 is 0 Å². The fraction of sp³-hybridized carbons (Fsp3) is 0.200. The van der Waals surface area contributed by atoms with Crippen molar-refractivity contribution in [1.82, 2.24) is 10.7 Å². The predicted molar refractivity (Wildman–Crippen MR) is 212 cm³/mol. The number of carboxylic acid groups (broad SMARTS) is 1. The van der Waals surface area contributed by atoms with Crippen LogP contribution < -0.4 is 21.9 Å². The normalized spacial score (nSPS) is 11.9. The van der Waals surface area contributed by atoms with Crippen LogP contribution in [-0.2, 0) is 16.0 Å². The maximum atomic E-state index is 12.5. The number of hydrogen-bond acceptors (Lipinski definition) is 10. The van der Waals surface area contributed by atoms with Gasteiger partial charge in [-0.2, -0.15) is 10.5 Å². The summed E-state index contributed by atoms with van der Waals surface area (Å²) < 4.78 is 0. The minimum atomic E-state index is -1.16. The number of rotatable bonds is 12. The van der Waals surface area contributed by atoms with Crippen molar-refractivity contribution in [1.29, 1.82) is 10.5 Å². The number of Topliss-reactive ketones (excluding diaryl/α,β-unsaturated/α-hetero) is 1. The number of nitrogens with two attached hydrogens (primary N) is 1. The van der Waals surface area contributed by atoms with E-state index in [1.165, 1.54) is 56.3 Å². The van der Waals surface area contributed by atoms with Crippen molar-refractivity contribution in [2.45, 2.75) is 38.5 Å². The molecule has 0 bridgehead atoms. The molecule has 4 aromatic carbocycles. The number of nitriles is 2. The number of hydrazine groups is 1. The third-order valence-corrected chi connectivity index (χ3v) is 8.42. The predicted octanol–water partition coefficient (Wildman–Crippen LogP) is 5.60. The summed E-state index contributed by atoms with van der Waals surface area (Å²) in [5.74, 6) is 1.86. The number of nitrogen functional groups attached to an aromatic ring is 1. The Hall–Kier alpha value is -6.82. The number of carbonyl (C=O) groups is 4.